The van der Waals surface area contributed by atoms with Crippen molar-refractivity contribution in [2.45, 2.75) is 31.7 Å². The summed E-state index contributed by atoms with van der Waals surface area (Å²) in [4.78, 5) is 48.2. The molecule has 0 radical (unpaired) electrons. The Morgan fingerprint density at radius 3 is 2.24 bits per heavy atom. The van der Waals surface area contributed by atoms with Crippen molar-refractivity contribution >= 4 is 23.8 Å². The van der Waals surface area contributed by atoms with E-state index in [1.54, 1.807) is 0 Å². The molecule has 8 heteroatoms. The number of carboxylic acids is 2. The molecule has 2 aliphatic heterocycles. The second kappa shape index (κ2) is 6.11. The number of piperidine rings is 1. The third-order valence-corrected chi connectivity index (χ3v) is 3.94. The van der Waals surface area contributed by atoms with Crippen LogP contribution in [0.25, 0.3) is 0 Å². The van der Waals surface area contributed by atoms with E-state index in [-0.39, 0.29) is 32.0 Å². The molecule has 2 N–H and O–H groups in total. The van der Waals surface area contributed by atoms with E-state index in [0.717, 1.165) is 11.3 Å². The van der Waals surface area contributed by atoms with Gasteiger partial charge >= 0.3 is 23.8 Å². The molecule has 2 aliphatic rings. The number of nitrogens with zero attached hydrogens (tertiary/aromatic N) is 2. The van der Waals surface area contributed by atoms with Crippen LogP contribution >= 0.6 is 0 Å². The second-order valence-corrected chi connectivity index (χ2v) is 5.52. The van der Waals surface area contributed by atoms with Crippen LogP contribution in [0.15, 0.2) is 0 Å². The maximum absolute atomic E-state index is 12.1. The molecule has 0 unspecified atom stereocenters. The summed E-state index contributed by atoms with van der Waals surface area (Å²) in [6, 6.07) is -0.939. The van der Waals surface area contributed by atoms with Crippen molar-refractivity contribution < 1.29 is 29.4 Å². The number of hydrogen-bond acceptors (Lipinski definition) is 4. The van der Waals surface area contributed by atoms with Gasteiger partial charge in [0.25, 0.3) is 0 Å². The van der Waals surface area contributed by atoms with Crippen molar-refractivity contribution in [1.29, 1.82) is 0 Å². The average Bonchev–Trinajstić information content (AvgIpc) is 2.40. The fraction of sp³-hybridized carbons (Fsp3) is 0.692. The van der Waals surface area contributed by atoms with Crippen LogP contribution in [0.4, 0.5) is 0 Å². The molecule has 0 bridgehead atoms. The molecule has 21 heavy (non-hydrogen) atoms. The van der Waals surface area contributed by atoms with E-state index >= 15 is 0 Å². The maximum atomic E-state index is 12.1. The summed E-state index contributed by atoms with van der Waals surface area (Å²) in [5, 5.41) is 17.7. The highest BCUT2D eigenvalue weighted by atomic mass is 16.4. The number of likely N-dealkylation sites (tertiary alicyclic amines) is 2. The summed E-state index contributed by atoms with van der Waals surface area (Å²) in [5.41, 5.74) is 0. The summed E-state index contributed by atoms with van der Waals surface area (Å²) in [7, 11) is 0. The minimum atomic E-state index is -1.09. The number of carboxylic acid groups (broad SMARTS) is 2. The minimum Gasteiger partial charge on any atom is -0.481 e. The van der Waals surface area contributed by atoms with Gasteiger partial charge in [0.15, 0.2) is 0 Å². The first-order valence-electron chi connectivity index (χ1n) is 6.94. The van der Waals surface area contributed by atoms with Crippen molar-refractivity contribution in [2.24, 2.45) is 5.92 Å². The van der Waals surface area contributed by atoms with Crippen LogP contribution in [0.2, 0.25) is 0 Å². The number of amides is 2. The lowest BCUT2D eigenvalue weighted by molar-refractivity contribution is -0.162. The van der Waals surface area contributed by atoms with E-state index < -0.39 is 29.8 Å². The van der Waals surface area contributed by atoms with Crippen LogP contribution in [-0.4, -0.2) is 69.4 Å². The van der Waals surface area contributed by atoms with Gasteiger partial charge in [0, 0.05) is 25.6 Å². The van der Waals surface area contributed by atoms with E-state index in [2.05, 4.69) is 0 Å². The van der Waals surface area contributed by atoms with Gasteiger partial charge < -0.3 is 20.0 Å². The molecule has 0 spiro atoms. The molecule has 2 fully saturated rings. The Labute approximate surface area is 121 Å². The monoisotopic (exact) mass is 298 g/mol. The maximum Gasteiger partial charge on any atom is 0.326 e. The molecule has 0 aromatic rings. The van der Waals surface area contributed by atoms with Gasteiger partial charge in [0.2, 0.25) is 0 Å². The lowest BCUT2D eigenvalue weighted by Gasteiger charge is -2.40. The van der Waals surface area contributed by atoms with Gasteiger partial charge in [-0.2, -0.15) is 0 Å². The number of rotatable bonds is 3. The summed E-state index contributed by atoms with van der Waals surface area (Å²) in [5.74, 6) is -3.68. The minimum absolute atomic E-state index is 0.0283. The van der Waals surface area contributed by atoms with Gasteiger partial charge in [-0.1, -0.05) is 0 Å². The molecule has 2 saturated heterocycles. The lowest BCUT2D eigenvalue weighted by atomic mass is 9.96. The summed E-state index contributed by atoms with van der Waals surface area (Å²) in [6.07, 6.45) is 1.74. The Kier molecular flexibility index (Phi) is 4.44. The van der Waals surface area contributed by atoms with Crippen LogP contribution < -0.4 is 0 Å². The molecule has 8 nitrogen and oxygen atoms in total. The van der Waals surface area contributed by atoms with E-state index in [1.807, 2.05) is 0 Å². The largest absolute Gasteiger partial charge is 0.481 e. The van der Waals surface area contributed by atoms with Crippen molar-refractivity contribution in [3.05, 3.63) is 0 Å². The van der Waals surface area contributed by atoms with Crippen molar-refractivity contribution in [2.75, 3.05) is 19.6 Å². The van der Waals surface area contributed by atoms with Gasteiger partial charge in [0.05, 0.1) is 6.42 Å². The third-order valence-electron chi connectivity index (χ3n) is 3.94. The first kappa shape index (κ1) is 15.3. The van der Waals surface area contributed by atoms with Gasteiger partial charge in [-0.3, -0.25) is 14.4 Å². The molecule has 2 amide bonds. The Morgan fingerprint density at radius 2 is 1.67 bits per heavy atom. The number of hydrogen-bond donors (Lipinski definition) is 2. The summed E-state index contributed by atoms with van der Waals surface area (Å²) >= 11 is 0. The molecule has 0 aromatic carbocycles. The first-order valence-corrected chi connectivity index (χ1v) is 6.94. The number of carbonyl (C=O) groups is 4. The highest BCUT2D eigenvalue weighted by Gasteiger charge is 2.40. The van der Waals surface area contributed by atoms with E-state index in [0.29, 0.717) is 12.8 Å². The smallest absolute Gasteiger partial charge is 0.326 e. The van der Waals surface area contributed by atoms with Crippen molar-refractivity contribution in [3.63, 3.8) is 0 Å². The molecule has 2 rings (SSSR count). The summed E-state index contributed by atoms with van der Waals surface area (Å²) < 4.78 is 0. The predicted molar refractivity (Wildman–Crippen MR) is 69.3 cm³/mol. The predicted octanol–water partition coefficient (Wildman–Crippen LogP) is -0.615. The zero-order valence-corrected chi connectivity index (χ0v) is 11.5. The second-order valence-electron chi connectivity index (χ2n) is 5.52. The molecule has 0 aromatic heterocycles. The molecular formula is C13H18N2O6. The number of carbonyl (C=O) groups excluding carboxylic acids is 2. The van der Waals surface area contributed by atoms with Crippen molar-refractivity contribution in [3.8, 4) is 0 Å². The van der Waals surface area contributed by atoms with Crippen LogP contribution in [-0.2, 0) is 19.2 Å². The van der Waals surface area contributed by atoms with E-state index in [1.165, 1.54) is 4.90 Å². The fourth-order valence-corrected chi connectivity index (χ4v) is 2.80. The highest BCUT2D eigenvalue weighted by Crippen LogP contribution is 2.22. The molecule has 1 atom stereocenters. The normalized spacial score (nSPS) is 22.6. The van der Waals surface area contributed by atoms with Crippen LogP contribution in [0, 0.1) is 5.92 Å². The molecular weight excluding hydrogens is 280 g/mol. The topological polar surface area (TPSA) is 115 Å². The van der Waals surface area contributed by atoms with Crippen LogP contribution in [0.5, 0.6) is 0 Å². The fourth-order valence-electron chi connectivity index (χ4n) is 2.80. The average molecular weight is 298 g/mol. The van der Waals surface area contributed by atoms with Crippen LogP contribution in [0.3, 0.4) is 0 Å². The standard InChI is InChI=1S/C13H18N2O6/c16-10(17)5-8-6-14(7-8)11(18)12(19)15-4-2-1-3-9(15)13(20)21/h8-9H,1-7H2,(H,16,17)(H,20,21)/t9-/m0/s1. The van der Waals surface area contributed by atoms with Crippen LogP contribution in [0.1, 0.15) is 25.7 Å². The lowest BCUT2D eigenvalue weighted by Crippen LogP contribution is -2.58. The summed E-state index contributed by atoms with van der Waals surface area (Å²) in [6.45, 7) is 0.749. The quantitative estimate of drug-likeness (QED) is 0.671. The Hall–Kier alpha value is -2.12. The zero-order valence-electron chi connectivity index (χ0n) is 11.5. The first-order chi connectivity index (χ1) is 9.90. The van der Waals surface area contributed by atoms with Gasteiger partial charge in [-0.25, -0.2) is 4.79 Å². The third kappa shape index (κ3) is 3.32. The Bertz CT molecular complexity index is 471. The Balaban J connectivity index is 1.92. The van der Waals surface area contributed by atoms with Crippen molar-refractivity contribution in [1.82, 2.24) is 9.80 Å². The SMILES string of the molecule is O=C(O)CC1CN(C(=O)C(=O)N2CCCC[C@H]2C(=O)O)C1. The molecule has 0 saturated carbocycles. The van der Waals surface area contributed by atoms with E-state index in [9.17, 15) is 19.2 Å². The molecule has 0 aliphatic carbocycles. The Morgan fingerprint density at radius 1 is 1.00 bits per heavy atom. The van der Waals surface area contributed by atoms with Gasteiger partial charge in [0.1, 0.15) is 6.04 Å². The zero-order chi connectivity index (χ0) is 15.6. The molecule has 2 heterocycles. The van der Waals surface area contributed by atoms with Gasteiger partial charge in [-0.15, -0.1) is 0 Å². The molecule has 116 valence electrons. The van der Waals surface area contributed by atoms with E-state index in [4.69, 9.17) is 10.2 Å². The number of aliphatic carboxylic acids is 2. The highest BCUT2D eigenvalue weighted by molar-refractivity contribution is 6.35. The van der Waals surface area contributed by atoms with Gasteiger partial charge in [-0.05, 0) is 19.3 Å².